The third-order valence-corrected chi connectivity index (χ3v) is 3.09. The summed E-state index contributed by atoms with van der Waals surface area (Å²) in [4.78, 5) is 11.8. The van der Waals surface area contributed by atoms with Crippen LogP contribution in [-0.4, -0.2) is 18.4 Å². The zero-order valence-corrected chi connectivity index (χ0v) is 13.2. The summed E-state index contributed by atoms with van der Waals surface area (Å²) in [5, 5.41) is 6.26. The van der Waals surface area contributed by atoms with Gasteiger partial charge in [-0.05, 0) is 48.6 Å². The van der Waals surface area contributed by atoms with Crippen LogP contribution in [-0.2, 0) is 4.74 Å². The molecule has 0 spiro atoms. The molecule has 0 saturated heterocycles. The van der Waals surface area contributed by atoms with Gasteiger partial charge in [-0.1, -0.05) is 17.7 Å². The van der Waals surface area contributed by atoms with Crippen molar-refractivity contribution in [1.82, 2.24) is 0 Å². The highest BCUT2D eigenvalue weighted by molar-refractivity contribution is 7.80. The molecule has 7 heteroatoms. The van der Waals surface area contributed by atoms with E-state index in [2.05, 4.69) is 10.6 Å². The Labute approximate surface area is 138 Å². The van der Waals surface area contributed by atoms with Crippen molar-refractivity contribution in [1.29, 1.82) is 0 Å². The number of hydrogen-bond acceptors (Lipinski definition) is 4. The Morgan fingerprint density at radius 3 is 2.50 bits per heavy atom. The molecule has 0 aromatic heterocycles. The van der Waals surface area contributed by atoms with Gasteiger partial charge in [-0.25, -0.2) is 4.79 Å². The molecule has 1 amide bonds. The zero-order chi connectivity index (χ0) is 15.9. The smallest absolute Gasteiger partial charge is 0.417 e. The Morgan fingerprint density at radius 1 is 1.09 bits per heavy atom. The lowest BCUT2D eigenvalue weighted by Crippen LogP contribution is -2.17. The number of halogens is 1. The molecule has 0 aliphatic heterocycles. The van der Waals surface area contributed by atoms with Crippen molar-refractivity contribution in [2.45, 2.75) is 0 Å². The molecular weight excluding hydrogens is 324 g/mol. The quantitative estimate of drug-likeness (QED) is 0.819. The number of carbonyl (C=O) groups is 1. The highest BCUT2D eigenvalue weighted by Gasteiger charge is 2.06. The number of amides is 1. The number of anilines is 2. The summed E-state index contributed by atoms with van der Waals surface area (Å²) in [5.41, 5.74) is 1.24. The highest BCUT2D eigenvalue weighted by Crippen LogP contribution is 2.19. The molecule has 0 aliphatic carbocycles. The monoisotopic (exact) mass is 336 g/mol. The first-order valence-corrected chi connectivity index (χ1v) is 7.05. The van der Waals surface area contributed by atoms with Crippen LogP contribution in [0.25, 0.3) is 0 Å². The van der Waals surface area contributed by atoms with Gasteiger partial charge < -0.3 is 14.8 Å². The Balaban J connectivity index is 1.97. The van der Waals surface area contributed by atoms with E-state index >= 15 is 0 Å². The van der Waals surface area contributed by atoms with E-state index in [1.165, 1.54) is 7.11 Å². The number of methoxy groups -OCH3 is 1. The first-order valence-electron chi connectivity index (χ1n) is 6.26. The number of benzene rings is 2. The molecule has 0 bridgehead atoms. The average Bonchev–Trinajstić information content (AvgIpc) is 2.49. The van der Waals surface area contributed by atoms with Crippen LogP contribution in [0.15, 0.2) is 48.5 Å². The topological polar surface area (TPSA) is 59.6 Å². The zero-order valence-electron chi connectivity index (χ0n) is 11.6. The Kier molecular flexibility index (Phi) is 5.57. The Morgan fingerprint density at radius 2 is 1.82 bits per heavy atom. The number of rotatable bonds is 3. The lowest BCUT2D eigenvalue weighted by Gasteiger charge is -2.09. The fourth-order valence-corrected chi connectivity index (χ4v) is 1.83. The molecule has 22 heavy (non-hydrogen) atoms. The van der Waals surface area contributed by atoms with Gasteiger partial charge in [0.05, 0.1) is 7.11 Å². The molecule has 0 atom stereocenters. The molecule has 0 fully saturated rings. The standard InChI is InChI=1S/C15H13ClN2O3S/c1-20-15(22)18-12-3-2-4-13(9-12)21-14(19)17-11-7-5-10(16)6-8-11/h2-9H,1H3,(H,17,19)(H,18,22). The van der Waals surface area contributed by atoms with E-state index in [0.29, 0.717) is 22.1 Å². The molecule has 2 N–H and O–H groups in total. The van der Waals surface area contributed by atoms with E-state index in [-0.39, 0.29) is 5.17 Å². The van der Waals surface area contributed by atoms with Crippen molar-refractivity contribution in [3.8, 4) is 5.75 Å². The fourth-order valence-electron chi connectivity index (χ4n) is 1.59. The SMILES string of the molecule is COC(=S)Nc1cccc(OC(=O)Nc2ccc(Cl)cc2)c1. The fraction of sp³-hybridized carbons (Fsp3) is 0.0667. The normalized spacial score (nSPS) is 9.73. The number of ether oxygens (including phenoxy) is 2. The predicted octanol–water partition coefficient (Wildman–Crippen LogP) is 4.29. The number of thiocarbonyl (C=S) groups is 1. The van der Waals surface area contributed by atoms with E-state index in [4.69, 9.17) is 33.3 Å². The van der Waals surface area contributed by atoms with Gasteiger partial charge >= 0.3 is 6.09 Å². The summed E-state index contributed by atoms with van der Waals surface area (Å²) in [7, 11) is 1.47. The summed E-state index contributed by atoms with van der Waals surface area (Å²) in [6.07, 6.45) is -0.603. The van der Waals surface area contributed by atoms with Gasteiger partial charge in [-0.3, -0.25) is 5.32 Å². The van der Waals surface area contributed by atoms with Crippen LogP contribution >= 0.6 is 23.8 Å². The minimum Gasteiger partial charge on any atom is -0.474 e. The van der Waals surface area contributed by atoms with Crippen molar-refractivity contribution in [2.24, 2.45) is 0 Å². The number of nitrogens with one attached hydrogen (secondary N) is 2. The maximum Gasteiger partial charge on any atom is 0.417 e. The lowest BCUT2D eigenvalue weighted by atomic mass is 10.3. The van der Waals surface area contributed by atoms with Crippen molar-refractivity contribution < 1.29 is 14.3 Å². The van der Waals surface area contributed by atoms with Gasteiger partial charge in [0.15, 0.2) is 0 Å². The number of hydrogen-bond donors (Lipinski definition) is 2. The highest BCUT2D eigenvalue weighted by atomic mass is 35.5. The summed E-state index contributed by atoms with van der Waals surface area (Å²) in [6, 6.07) is 13.5. The van der Waals surface area contributed by atoms with Crippen LogP contribution in [0.4, 0.5) is 16.2 Å². The molecular formula is C15H13ClN2O3S. The maximum atomic E-state index is 11.8. The van der Waals surface area contributed by atoms with Gasteiger partial charge in [0.2, 0.25) is 0 Å². The molecule has 2 aromatic carbocycles. The lowest BCUT2D eigenvalue weighted by molar-refractivity contribution is 0.215. The van der Waals surface area contributed by atoms with E-state index in [0.717, 1.165) is 0 Å². The summed E-state index contributed by atoms with van der Waals surface area (Å²) in [6.45, 7) is 0. The summed E-state index contributed by atoms with van der Waals surface area (Å²) in [5.74, 6) is 0.371. The maximum absolute atomic E-state index is 11.8. The van der Waals surface area contributed by atoms with Crippen LogP contribution < -0.4 is 15.4 Å². The second kappa shape index (κ2) is 7.63. The summed E-state index contributed by atoms with van der Waals surface area (Å²) < 4.78 is 10.1. The van der Waals surface area contributed by atoms with Crippen LogP contribution in [0, 0.1) is 0 Å². The van der Waals surface area contributed by atoms with Gasteiger partial charge in [-0.15, -0.1) is 0 Å². The van der Waals surface area contributed by atoms with Crippen molar-refractivity contribution in [2.75, 3.05) is 17.7 Å². The molecule has 2 rings (SSSR count). The Hall–Kier alpha value is -2.31. The van der Waals surface area contributed by atoms with Crippen LogP contribution in [0.2, 0.25) is 5.02 Å². The largest absolute Gasteiger partial charge is 0.474 e. The third kappa shape index (κ3) is 4.91. The summed E-state index contributed by atoms with van der Waals surface area (Å²) >= 11 is 10.7. The van der Waals surface area contributed by atoms with Gasteiger partial charge in [0.25, 0.3) is 5.17 Å². The molecule has 5 nitrogen and oxygen atoms in total. The Bertz CT molecular complexity index is 677. The molecule has 0 unspecified atom stereocenters. The van der Waals surface area contributed by atoms with Crippen molar-refractivity contribution in [3.63, 3.8) is 0 Å². The van der Waals surface area contributed by atoms with Crippen molar-refractivity contribution in [3.05, 3.63) is 53.6 Å². The van der Waals surface area contributed by atoms with Crippen molar-refractivity contribution >= 4 is 46.5 Å². The second-order valence-electron chi connectivity index (χ2n) is 4.17. The molecule has 0 saturated carbocycles. The molecule has 0 heterocycles. The van der Waals surface area contributed by atoms with Crippen LogP contribution in [0.1, 0.15) is 0 Å². The average molecular weight is 337 g/mol. The minimum absolute atomic E-state index is 0.225. The van der Waals surface area contributed by atoms with E-state index in [1.807, 2.05) is 0 Å². The van der Waals surface area contributed by atoms with Crippen LogP contribution in [0.3, 0.4) is 0 Å². The molecule has 114 valence electrons. The van der Waals surface area contributed by atoms with Gasteiger partial charge in [0.1, 0.15) is 5.75 Å². The predicted molar refractivity (Wildman–Crippen MR) is 90.8 cm³/mol. The molecule has 0 aliphatic rings. The van der Waals surface area contributed by atoms with E-state index in [1.54, 1.807) is 48.5 Å². The number of carbonyl (C=O) groups excluding carboxylic acids is 1. The first kappa shape index (κ1) is 16.1. The minimum atomic E-state index is -0.603. The first-order chi connectivity index (χ1) is 10.6. The molecule has 0 radical (unpaired) electrons. The van der Waals surface area contributed by atoms with Gasteiger partial charge in [-0.2, -0.15) is 0 Å². The van der Waals surface area contributed by atoms with E-state index in [9.17, 15) is 4.79 Å². The second-order valence-corrected chi connectivity index (χ2v) is 4.97. The molecule has 2 aromatic rings. The van der Waals surface area contributed by atoms with Crippen LogP contribution in [0.5, 0.6) is 5.75 Å². The van der Waals surface area contributed by atoms with Gasteiger partial charge in [0, 0.05) is 22.5 Å². The third-order valence-electron chi connectivity index (χ3n) is 2.57. The van der Waals surface area contributed by atoms with E-state index < -0.39 is 6.09 Å².